The second-order valence-corrected chi connectivity index (χ2v) is 9.73. The van der Waals surface area contributed by atoms with Gasteiger partial charge in [0.15, 0.2) is 0 Å². The summed E-state index contributed by atoms with van der Waals surface area (Å²) in [6.45, 7) is 9.83. The lowest BCUT2D eigenvalue weighted by Gasteiger charge is -2.67. The predicted octanol–water partition coefficient (Wildman–Crippen LogP) is 5.14. The van der Waals surface area contributed by atoms with Gasteiger partial charge in [0.25, 0.3) is 0 Å². The molecular formula is C19H35N. The first-order chi connectivity index (χ1) is 9.28. The van der Waals surface area contributed by atoms with Crippen molar-refractivity contribution in [1.29, 1.82) is 0 Å². The van der Waals surface area contributed by atoms with Crippen molar-refractivity contribution in [3.8, 4) is 0 Å². The van der Waals surface area contributed by atoms with Gasteiger partial charge in [0.05, 0.1) is 0 Å². The Bertz CT molecular complexity index is 356. The van der Waals surface area contributed by atoms with Crippen LogP contribution in [0.2, 0.25) is 0 Å². The zero-order chi connectivity index (χ0) is 14.6. The molecule has 0 saturated heterocycles. The average molecular weight is 277 g/mol. The number of nitrogens with two attached hydrogens (primary N) is 1. The Morgan fingerprint density at radius 1 is 1.05 bits per heavy atom. The molecule has 4 rings (SSSR count). The highest BCUT2D eigenvalue weighted by molar-refractivity contribution is 5.13. The molecule has 4 bridgehead atoms. The smallest absolute Gasteiger partial charge is 0.00986 e. The van der Waals surface area contributed by atoms with Crippen LogP contribution >= 0.6 is 0 Å². The molecule has 4 saturated carbocycles. The summed E-state index contributed by atoms with van der Waals surface area (Å²) in [6, 6.07) is 0.450. The van der Waals surface area contributed by atoms with Crippen LogP contribution in [0.1, 0.15) is 85.5 Å². The Morgan fingerprint density at radius 2 is 1.65 bits per heavy atom. The minimum Gasteiger partial charge on any atom is -0.327 e. The van der Waals surface area contributed by atoms with Crippen LogP contribution in [0.3, 0.4) is 0 Å². The molecule has 0 aliphatic heterocycles. The van der Waals surface area contributed by atoms with Gasteiger partial charge in [0.2, 0.25) is 0 Å². The zero-order valence-corrected chi connectivity index (χ0v) is 14.2. The van der Waals surface area contributed by atoms with Crippen molar-refractivity contribution in [2.24, 2.45) is 33.8 Å². The Hall–Kier alpha value is -0.0400. The molecule has 116 valence electrons. The summed E-state index contributed by atoms with van der Waals surface area (Å²) < 4.78 is 0. The maximum absolute atomic E-state index is 6.82. The zero-order valence-electron chi connectivity index (χ0n) is 14.2. The van der Waals surface area contributed by atoms with Crippen LogP contribution in [0.25, 0.3) is 0 Å². The van der Waals surface area contributed by atoms with Gasteiger partial charge in [0, 0.05) is 6.04 Å². The lowest BCUT2D eigenvalue weighted by molar-refractivity contribution is -0.155. The van der Waals surface area contributed by atoms with Gasteiger partial charge in [-0.15, -0.1) is 0 Å². The van der Waals surface area contributed by atoms with E-state index in [-0.39, 0.29) is 0 Å². The first kappa shape index (κ1) is 14.9. The molecule has 4 aliphatic carbocycles. The molecule has 0 heterocycles. The number of hydrogen-bond acceptors (Lipinski definition) is 1. The summed E-state index contributed by atoms with van der Waals surface area (Å²) in [5.74, 6) is 1.79. The topological polar surface area (TPSA) is 26.0 Å². The van der Waals surface area contributed by atoms with Crippen molar-refractivity contribution in [3.05, 3.63) is 0 Å². The second kappa shape index (κ2) is 4.73. The minimum absolute atomic E-state index is 0.450. The van der Waals surface area contributed by atoms with E-state index in [1.54, 1.807) is 0 Å². The standard InChI is InChI=1S/C19H35N/c1-5-6-14(2)7-16(20)19-10-15-8-17(3,12-19)11-18(4,9-15)13-19/h14-16H,5-13,20H2,1-4H3. The van der Waals surface area contributed by atoms with Crippen LogP contribution in [0.5, 0.6) is 0 Å². The van der Waals surface area contributed by atoms with Crippen LogP contribution in [-0.4, -0.2) is 6.04 Å². The molecule has 0 aromatic carbocycles. The van der Waals surface area contributed by atoms with E-state index in [4.69, 9.17) is 5.73 Å². The van der Waals surface area contributed by atoms with Crippen molar-refractivity contribution in [2.45, 2.75) is 91.5 Å². The lowest BCUT2D eigenvalue weighted by Crippen LogP contribution is -2.60. The van der Waals surface area contributed by atoms with E-state index in [2.05, 4.69) is 27.7 Å². The third-order valence-electron chi connectivity index (χ3n) is 6.89. The van der Waals surface area contributed by atoms with Crippen molar-refractivity contribution in [1.82, 2.24) is 0 Å². The highest BCUT2D eigenvalue weighted by atomic mass is 14.8. The predicted molar refractivity (Wildman–Crippen MR) is 86.5 cm³/mol. The minimum atomic E-state index is 0.450. The molecule has 20 heavy (non-hydrogen) atoms. The molecule has 1 heteroatoms. The summed E-state index contributed by atoms with van der Waals surface area (Å²) in [7, 11) is 0. The molecule has 0 radical (unpaired) electrons. The lowest BCUT2D eigenvalue weighted by atomic mass is 9.39. The maximum atomic E-state index is 6.82. The SMILES string of the molecule is CCCC(C)CC(N)C12CC3CC(C)(CC(C)(C3)C1)C2. The average Bonchev–Trinajstić information content (AvgIpc) is 2.23. The largest absolute Gasteiger partial charge is 0.327 e. The fourth-order valence-corrected chi connectivity index (χ4v) is 7.24. The molecule has 0 aromatic rings. The molecule has 0 spiro atoms. The van der Waals surface area contributed by atoms with Gasteiger partial charge in [-0.2, -0.15) is 0 Å². The van der Waals surface area contributed by atoms with Gasteiger partial charge in [-0.05, 0) is 73.0 Å². The number of rotatable bonds is 5. The molecule has 0 amide bonds. The van der Waals surface area contributed by atoms with Crippen molar-refractivity contribution in [3.63, 3.8) is 0 Å². The second-order valence-electron chi connectivity index (χ2n) is 9.73. The number of hydrogen-bond donors (Lipinski definition) is 1. The fraction of sp³-hybridized carbons (Fsp3) is 1.00. The first-order valence-corrected chi connectivity index (χ1v) is 9.04. The Balaban J connectivity index is 1.78. The quantitative estimate of drug-likeness (QED) is 0.740. The van der Waals surface area contributed by atoms with Crippen LogP contribution in [0, 0.1) is 28.1 Å². The van der Waals surface area contributed by atoms with E-state index in [0.29, 0.717) is 22.3 Å². The molecule has 2 N–H and O–H groups in total. The summed E-state index contributed by atoms with van der Waals surface area (Å²) in [5.41, 5.74) is 8.53. The van der Waals surface area contributed by atoms with Crippen molar-refractivity contribution >= 4 is 0 Å². The molecule has 4 unspecified atom stereocenters. The van der Waals surface area contributed by atoms with E-state index < -0.39 is 0 Å². The highest BCUT2D eigenvalue weighted by Crippen LogP contribution is 2.70. The van der Waals surface area contributed by atoms with Gasteiger partial charge in [0.1, 0.15) is 0 Å². The molecule has 0 aromatic heterocycles. The Labute approximate surface area is 126 Å². The van der Waals surface area contributed by atoms with Gasteiger partial charge in [-0.3, -0.25) is 0 Å². The van der Waals surface area contributed by atoms with Gasteiger partial charge < -0.3 is 5.73 Å². The van der Waals surface area contributed by atoms with E-state index in [9.17, 15) is 0 Å². The summed E-state index contributed by atoms with van der Waals surface area (Å²) >= 11 is 0. The van der Waals surface area contributed by atoms with Crippen molar-refractivity contribution in [2.75, 3.05) is 0 Å². The summed E-state index contributed by atoms with van der Waals surface area (Å²) in [4.78, 5) is 0. The van der Waals surface area contributed by atoms with E-state index >= 15 is 0 Å². The first-order valence-electron chi connectivity index (χ1n) is 9.04. The van der Waals surface area contributed by atoms with E-state index in [0.717, 1.165) is 11.8 Å². The van der Waals surface area contributed by atoms with Crippen LogP contribution in [-0.2, 0) is 0 Å². The van der Waals surface area contributed by atoms with E-state index in [1.165, 1.54) is 57.8 Å². The van der Waals surface area contributed by atoms with Gasteiger partial charge in [-0.25, -0.2) is 0 Å². The van der Waals surface area contributed by atoms with E-state index in [1.807, 2.05) is 0 Å². The molecule has 1 nitrogen and oxygen atoms in total. The van der Waals surface area contributed by atoms with Crippen LogP contribution < -0.4 is 5.73 Å². The van der Waals surface area contributed by atoms with Crippen LogP contribution in [0.4, 0.5) is 0 Å². The normalized spacial score (nSPS) is 49.4. The fourth-order valence-electron chi connectivity index (χ4n) is 7.24. The molecule has 4 fully saturated rings. The van der Waals surface area contributed by atoms with Crippen molar-refractivity contribution < 1.29 is 0 Å². The molecular weight excluding hydrogens is 242 g/mol. The highest BCUT2D eigenvalue weighted by Gasteiger charge is 2.61. The summed E-state index contributed by atoms with van der Waals surface area (Å²) in [5, 5.41) is 0. The summed E-state index contributed by atoms with van der Waals surface area (Å²) in [6.07, 6.45) is 12.6. The van der Waals surface area contributed by atoms with Crippen LogP contribution in [0.15, 0.2) is 0 Å². The Morgan fingerprint density at radius 3 is 2.15 bits per heavy atom. The third kappa shape index (κ3) is 2.45. The van der Waals surface area contributed by atoms with Gasteiger partial charge in [-0.1, -0.05) is 40.5 Å². The molecule has 4 aliphatic rings. The molecule has 4 atom stereocenters. The third-order valence-corrected chi connectivity index (χ3v) is 6.89. The monoisotopic (exact) mass is 277 g/mol. The Kier molecular flexibility index (Phi) is 3.52. The maximum Gasteiger partial charge on any atom is 0.00986 e. The van der Waals surface area contributed by atoms with Gasteiger partial charge >= 0.3 is 0 Å².